The summed E-state index contributed by atoms with van der Waals surface area (Å²) in [6.07, 6.45) is 0. The minimum Gasteiger partial charge on any atom is -0.508 e. The number of carbonyl (C=O) groups is 2. The first-order valence-electron chi connectivity index (χ1n) is 4.78. The molecular weight excluding hydrogens is 228 g/mol. The van der Waals surface area contributed by atoms with Gasteiger partial charge in [-0.05, 0) is 18.2 Å². The monoisotopic (exact) mass is 240 g/mol. The van der Waals surface area contributed by atoms with Gasteiger partial charge < -0.3 is 19.7 Å². The lowest BCUT2D eigenvalue weighted by Gasteiger charge is -2.07. The van der Waals surface area contributed by atoms with Gasteiger partial charge in [0.15, 0.2) is 0 Å². The van der Waals surface area contributed by atoms with Gasteiger partial charge in [0.05, 0.1) is 17.7 Å². The zero-order chi connectivity index (χ0) is 12.8. The molecule has 0 fully saturated rings. The van der Waals surface area contributed by atoms with Crippen LogP contribution in [0.5, 0.6) is 5.75 Å². The highest BCUT2D eigenvalue weighted by Crippen LogP contribution is 2.17. The van der Waals surface area contributed by atoms with Crippen molar-refractivity contribution < 1.29 is 29.3 Å². The number of aromatic hydroxyl groups is 1. The summed E-state index contributed by atoms with van der Waals surface area (Å²) in [5, 5.41) is 18.0. The van der Waals surface area contributed by atoms with E-state index in [1.807, 2.05) is 0 Å². The number of aromatic carboxylic acids is 1. The van der Waals surface area contributed by atoms with Gasteiger partial charge >= 0.3 is 11.9 Å². The number of esters is 1. The Bertz CT molecular complexity index is 426. The van der Waals surface area contributed by atoms with Crippen molar-refractivity contribution in [2.45, 2.75) is 0 Å². The van der Waals surface area contributed by atoms with Crippen molar-refractivity contribution in [3.8, 4) is 5.75 Å². The topological polar surface area (TPSA) is 93.1 Å². The van der Waals surface area contributed by atoms with E-state index in [1.165, 1.54) is 19.2 Å². The van der Waals surface area contributed by atoms with E-state index in [2.05, 4.69) is 0 Å². The fourth-order valence-electron chi connectivity index (χ4n) is 1.18. The van der Waals surface area contributed by atoms with Crippen molar-refractivity contribution in [3.63, 3.8) is 0 Å². The molecule has 0 saturated heterocycles. The van der Waals surface area contributed by atoms with Crippen molar-refractivity contribution >= 4 is 11.9 Å². The molecule has 1 aromatic rings. The summed E-state index contributed by atoms with van der Waals surface area (Å²) in [5.74, 6) is -2.30. The molecule has 6 nitrogen and oxygen atoms in total. The third-order valence-corrected chi connectivity index (χ3v) is 1.97. The van der Waals surface area contributed by atoms with Crippen molar-refractivity contribution in [3.05, 3.63) is 29.3 Å². The molecule has 0 heterocycles. The van der Waals surface area contributed by atoms with Crippen LogP contribution in [-0.4, -0.2) is 42.5 Å². The number of ether oxygens (including phenoxy) is 2. The number of hydrogen-bond donors (Lipinski definition) is 2. The largest absolute Gasteiger partial charge is 0.508 e. The van der Waals surface area contributed by atoms with Crippen molar-refractivity contribution in [2.75, 3.05) is 20.3 Å². The van der Waals surface area contributed by atoms with E-state index < -0.39 is 11.9 Å². The van der Waals surface area contributed by atoms with E-state index in [4.69, 9.17) is 19.7 Å². The third kappa shape index (κ3) is 3.46. The molecule has 0 bridgehead atoms. The first-order chi connectivity index (χ1) is 8.06. The Kier molecular flexibility index (Phi) is 4.47. The molecule has 0 amide bonds. The molecule has 0 aliphatic heterocycles. The Labute approximate surface area is 97.4 Å². The Morgan fingerprint density at radius 2 is 1.94 bits per heavy atom. The van der Waals surface area contributed by atoms with Gasteiger partial charge in [-0.15, -0.1) is 0 Å². The highest BCUT2D eigenvalue weighted by Gasteiger charge is 2.18. The Hall–Kier alpha value is -2.08. The van der Waals surface area contributed by atoms with E-state index in [1.54, 1.807) is 0 Å². The van der Waals surface area contributed by atoms with Crippen LogP contribution < -0.4 is 0 Å². The van der Waals surface area contributed by atoms with Crippen LogP contribution in [0.2, 0.25) is 0 Å². The molecule has 1 rings (SSSR count). The average Bonchev–Trinajstić information content (AvgIpc) is 2.29. The van der Waals surface area contributed by atoms with Crippen LogP contribution in [-0.2, 0) is 9.47 Å². The number of phenols is 1. The molecule has 17 heavy (non-hydrogen) atoms. The first kappa shape index (κ1) is 13.0. The first-order valence-corrected chi connectivity index (χ1v) is 4.78. The van der Waals surface area contributed by atoms with Gasteiger partial charge in [0, 0.05) is 7.11 Å². The van der Waals surface area contributed by atoms with Crippen LogP contribution in [0, 0.1) is 0 Å². The number of hydrogen-bond acceptors (Lipinski definition) is 5. The molecule has 92 valence electrons. The SMILES string of the molecule is COCCOC(=O)c1ccc(O)cc1C(=O)O. The van der Waals surface area contributed by atoms with Crippen LogP contribution >= 0.6 is 0 Å². The molecule has 2 N–H and O–H groups in total. The fraction of sp³-hybridized carbons (Fsp3) is 0.273. The minimum absolute atomic E-state index is 0.0370. The van der Waals surface area contributed by atoms with Crippen molar-refractivity contribution in [1.82, 2.24) is 0 Å². The second kappa shape index (κ2) is 5.86. The lowest BCUT2D eigenvalue weighted by molar-refractivity contribution is 0.0382. The van der Waals surface area contributed by atoms with Gasteiger partial charge in [-0.25, -0.2) is 9.59 Å². The Balaban J connectivity index is 2.89. The molecule has 0 aliphatic rings. The number of rotatable bonds is 5. The zero-order valence-corrected chi connectivity index (χ0v) is 9.17. The lowest BCUT2D eigenvalue weighted by atomic mass is 10.1. The van der Waals surface area contributed by atoms with E-state index in [-0.39, 0.29) is 30.1 Å². The second-order valence-electron chi connectivity index (χ2n) is 3.16. The predicted octanol–water partition coefficient (Wildman–Crippen LogP) is 0.894. The number of methoxy groups -OCH3 is 1. The summed E-state index contributed by atoms with van der Waals surface area (Å²) in [6.45, 7) is 0.265. The summed E-state index contributed by atoms with van der Waals surface area (Å²) in [5.41, 5.74) is -0.404. The fourth-order valence-corrected chi connectivity index (χ4v) is 1.18. The quantitative estimate of drug-likeness (QED) is 0.586. The van der Waals surface area contributed by atoms with Gasteiger partial charge in [0.1, 0.15) is 12.4 Å². The highest BCUT2D eigenvalue weighted by molar-refractivity contribution is 6.02. The summed E-state index contributed by atoms with van der Waals surface area (Å²) < 4.78 is 9.48. The van der Waals surface area contributed by atoms with Crippen LogP contribution in [0.1, 0.15) is 20.7 Å². The Morgan fingerprint density at radius 3 is 2.53 bits per heavy atom. The van der Waals surface area contributed by atoms with Crippen LogP contribution in [0.3, 0.4) is 0 Å². The number of carboxylic acids is 1. The lowest BCUT2D eigenvalue weighted by Crippen LogP contribution is -2.14. The summed E-state index contributed by atoms with van der Waals surface area (Å²) in [4.78, 5) is 22.4. The van der Waals surface area contributed by atoms with Gasteiger partial charge in [-0.1, -0.05) is 0 Å². The molecule has 0 radical (unpaired) electrons. The van der Waals surface area contributed by atoms with Gasteiger partial charge in [0.2, 0.25) is 0 Å². The van der Waals surface area contributed by atoms with E-state index >= 15 is 0 Å². The molecule has 0 spiro atoms. The van der Waals surface area contributed by atoms with E-state index in [0.29, 0.717) is 0 Å². The molecule has 6 heteroatoms. The maximum Gasteiger partial charge on any atom is 0.339 e. The second-order valence-corrected chi connectivity index (χ2v) is 3.16. The molecular formula is C11H12O6. The third-order valence-electron chi connectivity index (χ3n) is 1.97. The van der Waals surface area contributed by atoms with Gasteiger partial charge in [0.25, 0.3) is 0 Å². The summed E-state index contributed by atoms with van der Waals surface area (Å²) in [6, 6.07) is 3.42. The zero-order valence-electron chi connectivity index (χ0n) is 9.17. The smallest absolute Gasteiger partial charge is 0.339 e. The maximum absolute atomic E-state index is 11.5. The van der Waals surface area contributed by atoms with Gasteiger partial charge in [-0.2, -0.15) is 0 Å². The highest BCUT2D eigenvalue weighted by atomic mass is 16.6. The van der Waals surface area contributed by atoms with E-state index in [9.17, 15) is 9.59 Å². The summed E-state index contributed by atoms with van der Waals surface area (Å²) >= 11 is 0. The maximum atomic E-state index is 11.5. The number of benzene rings is 1. The predicted molar refractivity (Wildman–Crippen MR) is 57.2 cm³/mol. The number of carbonyl (C=O) groups excluding carboxylic acids is 1. The van der Waals surface area contributed by atoms with Crippen LogP contribution in [0.25, 0.3) is 0 Å². The Morgan fingerprint density at radius 1 is 1.24 bits per heavy atom. The summed E-state index contributed by atoms with van der Waals surface area (Å²) in [7, 11) is 1.46. The van der Waals surface area contributed by atoms with Gasteiger partial charge in [-0.3, -0.25) is 0 Å². The van der Waals surface area contributed by atoms with E-state index in [0.717, 1.165) is 6.07 Å². The number of phenolic OH excluding ortho intramolecular Hbond substituents is 1. The minimum atomic E-state index is -1.31. The van der Waals surface area contributed by atoms with Crippen LogP contribution in [0.4, 0.5) is 0 Å². The molecule has 0 aromatic heterocycles. The molecule has 0 atom stereocenters. The standard InChI is InChI=1S/C11H12O6/c1-16-4-5-17-11(15)8-3-2-7(12)6-9(8)10(13)14/h2-3,6,12H,4-5H2,1H3,(H,13,14). The van der Waals surface area contributed by atoms with Crippen molar-refractivity contribution in [1.29, 1.82) is 0 Å². The molecule has 0 aliphatic carbocycles. The molecule has 1 aromatic carbocycles. The van der Waals surface area contributed by atoms with Crippen LogP contribution in [0.15, 0.2) is 18.2 Å². The number of carboxylic acid groups (broad SMARTS) is 1. The molecule has 0 saturated carbocycles. The van der Waals surface area contributed by atoms with Crippen molar-refractivity contribution in [2.24, 2.45) is 0 Å². The molecule has 0 unspecified atom stereocenters. The normalized spacial score (nSPS) is 9.94. The average molecular weight is 240 g/mol.